The van der Waals surface area contributed by atoms with E-state index in [9.17, 15) is 22.0 Å². The fourth-order valence-corrected chi connectivity index (χ4v) is 5.07. The van der Waals surface area contributed by atoms with E-state index < -0.39 is 22.7 Å². The highest BCUT2D eigenvalue weighted by molar-refractivity contribution is 7.89. The standard InChI is InChI=1S/C23H28F2N2O5S/c1-2-20(19-5-3-4-6-21(19)32-23(24)25)26-22(28)12-9-17-7-10-18(11-8-17)33(29,30)27-13-15-31-16-14-27/h3-8,10-11,20,23H,2,9,12-16H2,1H3,(H,26,28). The van der Waals surface area contributed by atoms with E-state index in [2.05, 4.69) is 10.1 Å². The zero-order valence-corrected chi connectivity index (χ0v) is 19.2. The van der Waals surface area contributed by atoms with E-state index in [1.165, 1.54) is 10.4 Å². The molecule has 0 radical (unpaired) electrons. The number of halogens is 2. The Morgan fingerprint density at radius 1 is 1.12 bits per heavy atom. The molecule has 1 atom stereocenters. The number of sulfonamides is 1. The molecule has 1 aliphatic rings. The van der Waals surface area contributed by atoms with Crippen molar-refractivity contribution >= 4 is 15.9 Å². The third-order valence-corrected chi connectivity index (χ3v) is 7.34. The number of amides is 1. The van der Waals surface area contributed by atoms with Gasteiger partial charge in [-0.25, -0.2) is 8.42 Å². The van der Waals surface area contributed by atoms with Crippen LogP contribution in [0.25, 0.3) is 0 Å². The number of rotatable bonds is 10. The summed E-state index contributed by atoms with van der Waals surface area (Å²) in [4.78, 5) is 12.7. The summed E-state index contributed by atoms with van der Waals surface area (Å²) in [6.07, 6.45) is 1.09. The number of para-hydroxylation sites is 1. The minimum atomic E-state index is -3.56. The van der Waals surface area contributed by atoms with Crippen LogP contribution in [-0.4, -0.2) is 51.5 Å². The van der Waals surface area contributed by atoms with Crippen LogP contribution in [0.15, 0.2) is 53.4 Å². The first-order valence-corrected chi connectivity index (χ1v) is 12.2. The Hall–Kier alpha value is -2.56. The van der Waals surface area contributed by atoms with E-state index in [4.69, 9.17) is 4.74 Å². The second-order valence-electron chi connectivity index (χ2n) is 7.61. The molecule has 33 heavy (non-hydrogen) atoms. The molecule has 0 saturated carbocycles. The Morgan fingerprint density at radius 2 is 1.79 bits per heavy atom. The summed E-state index contributed by atoms with van der Waals surface area (Å²) in [7, 11) is -3.56. The normalized spacial score (nSPS) is 15.9. The van der Waals surface area contributed by atoms with Gasteiger partial charge in [0.25, 0.3) is 0 Å². The summed E-state index contributed by atoms with van der Waals surface area (Å²) in [5.74, 6) is -0.199. The van der Waals surface area contributed by atoms with E-state index >= 15 is 0 Å². The van der Waals surface area contributed by atoms with Crippen molar-refractivity contribution in [2.75, 3.05) is 26.3 Å². The summed E-state index contributed by atoms with van der Waals surface area (Å²) in [6, 6.07) is 12.4. The van der Waals surface area contributed by atoms with Gasteiger partial charge in [-0.3, -0.25) is 4.79 Å². The van der Waals surface area contributed by atoms with Gasteiger partial charge < -0.3 is 14.8 Å². The Bertz CT molecular complexity index is 1030. The molecule has 1 heterocycles. The molecular formula is C23H28F2N2O5S. The Labute approximate surface area is 192 Å². The van der Waals surface area contributed by atoms with E-state index in [1.807, 2.05) is 6.92 Å². The van der Waals surface area contributed by atoms with Gasteiger partial charge in [0.2, 0.25) is 15.9 Å². The zero-order valence-electron chi connectivity index (χ0n) is 18.4. The van der Waals surface area contributed by atoms with Crippen molar-refractivity contribution in [3.63, 3.8) is 0 Å². The first kappa shape index (κ1) is 25.1. The molecule has 1 fully saturated rings. The lowest BCUT2D eigenvalue weighted by atomic mass is 10.0. The maximum atomic E-state index is 12.7. The summed E-state index contributed by atoms with van der Waals surface area (Å²) in [5, 5.41) is 2.87. The van der Waals surface area contributed by atoms with E-state index in [0.717, 1.165) is 5.56 Å². The average Bonchev–Trinajstić information content (AvgIpc) is 2.82. The predicted octanol–water partition coefficient (Wildman–Crippen LogP) is 3.51. The molecule has 0 bridgehead atoms. The molecule has 1 aliphatic heterocycles. The van der Waals surface area contributed by atoms with Gasteiger partial charge in [0, 0.05) is 25.1 Å². The van der Waals surface area contributed by atoms with E-state index in [-0.39, 0.29) is 23.0 Å². The fraction of sp³-hybridized carbons (Fsp3) is 0.435. The first-order chi connectivity index (χ1) is 15.8. The largest absolute Gasteiger partial charge is 0.434 e. The fourth-order valence-electron chi connectivity index (χ4n) is 3.66. The maximum Gasteiger partial charge on any atom is 0.387 e. The number of carbonyl (C=O) groups excluding carboxylic acids is 1. The third kappa shape index (κ3) is 6.72. The van der Waals surface area contributed by atoms with Crippen LogP contribution in [0.5, 0.6) is 5.75 Å². The van der Waals surface area contributed by atoms with E-state index in [1.54, 1.807) is 42.5 Å². The molecule has 0 spiro atoms. The van der Waals surface area contributed by atoms with E-state index in [0.29, 0.717) is 44.7 Å². The molecule has 3 rings (SSSR count). The Kier molecular flexibility index (Phi) is 8.76. The van der Waals surface area contributed by atoms with Gasteiger partial charge in [0.15, 0.2) is 0 Å². The van der Waals surface area contributed by atoms with Gasteiger partial charge in [-0.2, -0.15) is 13.1 Å². The molecule has 0 aliphatic carbocycles. The van der Waals surface area contributed by atoms with Crippen LogP contribution in [0.4, 0.5) is 8.78 Å². The molecule has 1 saturated heterocycles. The van der Waals surface area contributed by atoms with Crippen LogP contribution in [0.1, 0.15) is 36.9 Å². The molecule has 1 unspecified atom stereocenters. The molecule has 7 nitrogen and oxygen atoms in total. The average molecular weight is 483 g/mol. The lowest BCUT2D eigenvalue weighted by Gasteiger charge is -2.26. The molecular weight excluding hydrogens is 454 g/mol. The molecule has 10 heteroatoms. The topological polar surface area (TPSA) is 84.9 Å². The highest BCUT2D eigenvalue weighted by Gasteiger charge is 2.26. The molecule has 0 aromatic heterocycles. The van der Waals surface area contributed by atoms with Crippen molar-refractivity contribution in [2.45, 2.75) is 43.7 Å². The summed E-state index contributed by atoms with van der Waals surface area (Å²) in [5.41, 5.74) is 1.31. The molecule has 2 aromatic rings. The number of benzene rings is 2. The highest BCUT2D eigenvalue weighted by atomic mass is 32.2. The predicted molar refractivity (Wildman–Crippen MR) is 119 cm³/mol. The SMILES string of the molecule is CCC(NC(=O)CCc1ccc(S(=O)(=O)N2CCOCC2)cc1)c1ccccc1OC(F)F. The molecule has 2 aromatic carbocycles. The Balaban J connectivity index is 1.58. The number of alkyl halides is 2. The number of carbonyl (C=O) groups is 1. The lowest BCUT2D eigenvalue weighted by molar-refractivity contribution is -0.121. The van der Waals surface area contributed by atoms with Crippen molar-refractivity contribution in [3.8, 4) is 5.75 Å². The Morgan fingerprint density at radius 3 is 2.42 bits per heavy atom. The van der Waals surface area contributed by atoms with Crippen molar-refractivity contribution < 1.29 is 31.5 Å². The monoisotopic (exact) mass is 482 g/mol. The molecule has 180 valence electrons. The summed E-state index contributed by atoms with van der Waals surface area (Å²) >= 11 is 0. The van der Waals surface area contributed by atoms with Crippen LogP contribution in [0, 0.1) is 0 Å². The van der Waals surface area contributed by atoms with Gasteiger partial charge in [-0.05, 0) is 36.6 Å². The van der Waals surface area contributed by atoms with Crippen LogP contribution in [-0.2, 0) is 26.0 Å². The molecule has 1 N–H and O–H groups in total. The van der Waals surface area contributed by atoms with Crippen molar-refractivity contribution in [1.82, 2.24) is 9.62 Å². The summed E-state index contributed by atoms with van der Waals surface area (Å²) < 4.78 is 62.0. The number of ether oxygens (including phenoxy) is 2. The van der Waals surface area contributed by atoms with Gasteiger partial charge in [-0.1, -0.05) is 37.3 Å². The minimum Gasteiger partial charge on any atom is -0.434 e. The zero-order chi connectivity index (χ0) is 23.8. The van der Waals surface area contributed by atoms with Crippen LogP contribution < -0.4 is 10.1 Å². The summed E-state index contributed by atoms with van der Waals surface area (Å²) in [6.45, 7) is 0.309. The first-order valence-electron chi connectivity index (χ1n) is 10.8. The third-order valence-electron chi connectivity index (χ3n) is 5.43. The van der Waals surface area contributed by atoms with Crippen LogP contribution >= 0.6 is 0 Å². The van der Waals surface area contributed by atoms with Gasteiger partial charge in [0.1, 0.15) is 5.75 Å². The second-order valence-corrected chi connectivity index (χ2v) is 9.54. The van der Waals surface area contributed by atoms with Crippen LogP contribution in [0.3, 0.4) is 0 Å². The van der Waals surface area contributed by atoms with Crippen molar-refractivity contribution in [1.29, 1.82) is 0 Å². The lowest BCUT2D eigenvalue weighted by Crippen LogP contribution is -2.40. The van der Waals surface area contributed by atoms with Crippen LogP contribution in [0.2, 0.25) is 0 Å². The maximum absolute atomic E-state index is 12.7. The van der Waals surface area contributed by atoms with Crippen molar-refractivity contribution in [3.05, 3.63) is 59.7 Å². The quantitative estimate of drug-likeness (QED) is 0.560. The second kappa shape index (κ2) is 11.5. The van der Waals surface area contributed by atoms with Crippen molar-refractivity contribution in [2.24, 2.45) is 0 Å². The minimum absolute atomic E-state index is 0.0386. The smallest absolute Gasteiger partial charge is 0.387 e. The number of aryl methyl sites for hydroxylation is 1. The number of morpholine rings is 1. The highest BCUT2D eigenvalue weighted by Crippen LogP contribution is 2.28. The number of nitrogens with zero attached hydrogens (tertiary/aromatic N) is 1. The van der Waals surface area contributed by atoms with Gasteiger partial charge in [0.05, 0.1) is 24.2 Å². The molecule has 1 amide bonds. The number of hydrogen-bond donors (Lipinski definition) is 1. The number of nitrogens with one attached hydrogen (secondary N) is 1. The number of hydrogen-bond acceptors (Lipinski definition) is 5. The van der Waals surface area contributed by atoms with Gasteiger partial charge >= 0.3 is 6.61 Å². The van der Waals surface area contributed by atoms with Gasteiger partial charge in [-0.15, -0.1) is 0 Å².